The first-order chi connectivity index (χ1) is 15.3. The van der Waals surface area contributed by atoms with Crippen molar-refractivity contribution in [1.82, 2.24) is 5.32 Å². The molecule has 0 aliphatic heterocycles. The lowest BCUT2D eigenvalue weighted by molar-refractivity contribution is -0.146. The molecule has 2 aromatic carbocycles. The van der Waals surface area contributed by atoms with Crippen molar-refractivity contribution in [3.8, 4) is 5.75 Å². The van der Waals surface area contributed by atoms with Gasteiger partial charge in [-0.25, -0.2) is 4.39 Å². The van der Waals surface area contributed by atoms with E-state index >= 15 is 0 Å². The fourth-order valence-electron chi connectivity index (χ4n) is 2.70. The van der Waals surface area contributed by atoms with E-state index < -0.39 is 42.7 Å². The second-order valence-electron chi connectivity index (χ2n) is 6.51. The third kappa shape index (κ3) is 7.38. The van der Waals surface area contributed by atoms with Crippen molar-refractivity contribution in [1.29, 1.82) is 0 Å². The third-order valence-electron chi connectivity index (χ3n) is 4.20. The van der Waals surface area contributed by atoms with Gasteiger partial charge < -0.3 is 25.4 Å². The number of hydrogen-bond donors (Lipinski definition) is 2. The highest BCUT2D eigenvalue weighted by molar-refractivity contribution is 5.99. The molecule has 0 spiro atoms. The highest BCUT2D eigenvalue weighted by Gasteiger charge is 2.19. The average molecular weight is 445 g/mol. The lowest BCUT2D eigenvalue weighted by atomic mass is 10.2. The zero-order chi connectivity index (χ0) is 23.5. The summed E-state index contributed by atoms with van der Waals surface area (Å²) in [4.78, 5) is 49.1. The van der Waals surface area contributed by atoms with Gasteiger partial charge in [0, 0.05) is 18.7 Å². The lowest BCUT2D eigenvalue weighted by Crippen LogP contribution is -2.38. The molecule has 0 radical (unpaired) electrons. The Balaban J connectivity index is 1.92. The van der Waals surface area contributed by atoms with Gasteiger partial charge in [-0.3, -0.25) is 19.2 Å². The first kappa shape index (κ1) is 24.3. The van der Waals surface area contributed by atoms with E-state index in [1.165, 1.54) is 12.1 Å². The fraction of sp³-hybridized carbons (Fsp3) is 0.273. The molecule has 0 aromatic heterocycles. The minimum absolute atomic E-state index is 0.0672. The topological polar surface area (TPSA) is 128 Å². The first-order valence-electron chi connectivity index (χ1n) is 9.81. The van der Waals surface area contributed by atoms with Crippen LogP contribution in [-0.2, 0) is 19.1 Å². The lowest BCUT2D eigenvalue weighted by Gasteiger charge is -2.22. The smallest absolute Gasteiger partial charge is 0.325 e. The number of primary amides is 1. The molecule has 0 atom stereocenters. The molecule has 9 nitrogen and oxygen atoms in total. The second kappa shape index (κ2) is 12.0. The third-order valence-corrected chi connectivity index (χ3v) is 4.20. The number of anilines is 1. The van der Waals surface area contributed by atoms with Crippen LogP contribution in [0, 0.1) is 5.82 Å². The number of esters is 1. The summed E-state index contributed by atoms with van der Waals surface area (Å²) in [6, 6.07) is 11.6. The molecular weight excluding hydrogens is 421 g/mol. The number of amides is 3. The Labute approximate surface area is 184 Å². The van der Waals surface area contributed by atoms with Gasteiger partial charge in [0.2, 0.25) is 5.91 Å². The van der Waals surface area contributed by atoms with E-state index in [0.29, 0.717) is 18.0 Å². The molecule has 3 N–H and O–H groups in total. The fourth-order valence-corrected chi connectivity index (χ4v) is 2.70. The summed E-state index contributed by atoms with van der Waals surface area (Å²) in [5.74, 6) is -2.76. The molecule has 0 unspecified atom stereocenters. The molecule has 10 heteroatoms. The van der Waals surface area contributed by atoms with Crippen molar-refractivity contribution >= 4 is 29.4 Å². The summed E-state index contributed by atoms with van der Waals surface area (Å²) < 4.78 is 23.5. The Morgan fingerprint density at radius 2 is 1.75 bits per heavy atom. The molecule has 170 valence electrons. The Bertz CT molecular complexity index is 964. The Morgan fingerprint density at radius 3 is 2.41 bits per heavy atom. The van der Waals surface area contributed by atoms with E-state index in [2.05, 4.69) is 5.32 Å². The molecule has 0 saturated carbocycles. The van der Waals surface area contributed by atoms with E-state index in [0.717, 1.165) is 17.0 Å². The number of carbonyl (C=O) groups excluding carboxylic acids is 4. The minimum atomic E-state index is -0.838. The first-order valence-corrected chi connectivity index (χ1v) is 9.81. The largest absolute Gasteiger partial charge is 0.493 e. The molecule has 0 saturated heterocycles. The summed E-state index contributed by atoms with van der Waals surface area (Å²) in [5.41, 5.74) is 5.71. The molecule has 0 aliphatic rings. The van der Waals surface area contributed by atoms with Gasteiger partial charge in [0.15, 0.2) is 6.61 Å². The number of carbonyl (C=O) groups is 4. The average Bonchev–Trinajstić information content (AvgIpc) is 2.77. The predicted molar refractivity (Wildman–Crippen MR) is 113 cm³/mol. The van der Waals surface area contributed by atoms with Crippen molar-refractivity contribution in [2.75, 3.05) is 31.2 Å². The van der Waals surface area contributed by atoms with Gasteiger partial charge >= 0.3 is 5.97 Å². The summed E-state index contributed by atoms with van der Waals surface area (Å²) >= 11 is 0. The number of benzene rings is 2. The van der Waals surface area contributed by atoms with Crippen LogP contribution in [0.5, 0.6) is 5.75 Å². The maximum atomic E-state index is 13.2. The molecule has 3 amide bonds. The monoisotopic (exact) mass is 445 g/mol. The van der Waals surface area contributed by atoms with E-state index in [4.69, 9.17) is 15.2 Å². The number of halogens is 1. The van der Waals surface area contributed by atoms with Crippen molar-refractivity contribution in [3.05, 3.63) is 59.9 Å². The molecule has 2 aromatic rings. The van der Waals surface area contributed by atoms with Crippen LogP contribution in [0.15, 0.2) is 48.5 Å². The van der Waals surface area contributed by atoms with Gasteiger partial charge in [-0.1, -0.05) is 12.1 Å². The summed E-state index contributed by atoms with van der Waals surface area (Å²) in [6.45, 7) is 0.976. The van der Waals surface area contributed by atoms with Gasteiger partial charge in [-0.05, 0) is 43.3 Å². The van der Waals surface area contributed by atoms with Crippen LogP contribution < -0.4 is 20.7 Å². The van der Waals surface area contributed by atoms with E-state index in [1.807, 2.05) is 0 Å². The van der Waals surface area contributed by atoms with Gasteiger partial charge in [-0.2, -0.15) is 0 Å². The Kier molecular flexibility index (Phi) is 9.15. The van der Waals surface area contributed by atoms with Crippen LogP contribution in [0.3, 0.4) is 0 Å². The van der Waals surface area contributed by atoms with Crippen molar-refractivity contribution < 1.29 is 33.0 Å². The molecule has 0 aliphatic carbocycles. The Morgan fingerprint density at radius 1 is 1.06 bits per heavy atom. The van der Waals surface area contributed by atoms with Crippen LogP contribution in [0.2, 0.25) is 0 Å². The summed E-state index contributed by atoms with van der Waals surface area (Å²) in [6.07, 6.45) is -0.133. The van der Waals surface area contributed by atoms with E-state index in [-0.39, 0.29) is 18.5 Å². The highest BCUT2D eigenvalue weighted by atomic mass is 19.1. The van der Waals surface area contributed by atoms with Gasteiger partial charge in [0.1, 0.15) is 18.1 Å². The molecule has 32 heavy (non-hydrogen) atoms. The summed E-state index contributed by atoms with van der Waals surface area (Å²) in [7, 11) is 0. The Hall–Kier alpha value is -3.95. The number of rotatable bonds is 11. The standard InChI is InChI=1S/C22H24FN3O6/c1-2-31-18-6-4-3-5-17(18)22(30)25-13-21(29)32-14-20(28)26(12-11-19(24)27)16-9-7-15(23)8-10-16/h3-10H,2,11-14H2,1H3,(H2,24,27)(H,25,30). The van der Waals surface area contributed by atoms with E-state index in [9.17, 15) is 23.6 Å². The van der Waals surface area contributed by atoms with Crippen molar-refractivity contribution in [2.24, 2.45) is 5.73 Å². The van der Waals surface area contributed by atoms with E-state index in [1.54, 1.807) is 31.2 Å². The molecule has 2 rings (SSSR count). The number of nitrogens with one attached hydrogen (secondary N) is 1. The SMILES string of the molecule is CCOc1ccccc1C(=O)NCC(=O)OCC(=O)N(CCC(N)=O)c1ccc(F)cc1. The number of hydrogen-bond acceptors (Lipinski definition) is 6. The molecule has 0 heterocycles. The quantitative estimate of drug-likeness (QED) is 0.504. The van der Waals surface area contributed by atoms with Gasteiger partial charge in [0.25, 0.3) is 11.8 Å². The van der Waals surface area contributed by atoms with Crippen LogP contribution in [0.4, 0.5) is 10.1 Å². The highest BCUT2D eigenvalue weighted by Crippen LogP contribution is 2.18. The maximum Gasteiger partial charge on any atom is 0.325 e. The number of para-hydroxylation sites is 1. The number of nitrogens with zero attached hydrogens (tertiary/aromatic N) is 1. The van der Waals surface area contributed by atoms with Crippen molar-refractivity contribution in [2.45, 2.75) is 13.3 Å². The van der Waals surface area contributed by atoms with Gasteiger partial charge in [0.05, 0.1) is 12.2 Å². The number of nitrogens with two attached hydrogens (primary N) is 1. The maximum absolute atomic E-state index is 13.2. The van der Waals surface area contributed by atoms with Crippen LogP contribution in [-0.4, -0.2) is 50.0 Å². The summed E-state index contributed by atoms with van der Waals surface area (Å²) in [5, 5.41) is 2.41. The van der Waals surface area contributed by atoms with Crippen molar-refractivity contribution in [3.63, 3.8) is 0 Å². The van der Waals surface area contributed by atoms with Crippen LogP contribution in [0.1, 0.15) is 23.7 Å². The second-order valence-corrected chi connectivity index (χ2v) is 6.51. The minimum Gasteiger partial charge on any atom is -0.493 e. The zero-order valence-corrected chi connectivity index (χ0v) is 17.5. The predicted octanol–water partition coefficient (Wildman–Crippen LogP) is 1.41. The zero-order valence-electron chi connectivity index (χ0n) is 17.5. The van der Waals surface area contributed by atoms with Crippen LogP contribution in [0.25, 0.3) is 0 Å². The van der Waals surface area contributed by atoms with Crippen LogP contribution >= 0.6 is 0 Å². The molecular formula is C22H24FN3O6. The normalized spacial score (nSPS) is 10.2. The number of ether oxygens (including phenoxy) is 2. The molecule has 0 bridgehead atoms. The van der Waals surface area contributed by atoms with Gasteiger partial charge in [-0.15, -0.1) is 0 Å². The molecule has 0 fully saturated rings.